The lowest BCUT2D eigenvalue weighted by atomic mass is 9.95. The van der Waals surface area contributed by atoms with Crippen LogP contribution in [0.1, 0.15) is 17.2 Å². The van der Waals surface area contributed by atoms with Gasteiger partial charge in [0.2, 0.25) is 0 Å². The van der Waals surface area contributed by atoms with Crippen LogP contribution >= 0.6 is 0 Å². The Balaban J connectivity index is 1.90. The van der Waals surface area contributed by atoms with Gasteiger partial charge in [0, 0.05) is 23.3 Å². The standard InChI is InChI=1S/C21H18N4O/c22-25(18-10-4-5-13-23-18)20(16-7-2-1-3-8-16)17-12-11-15-9-6-14-24-19(15)21(17)26/h1-14,20,26H,22H2. The van der Waals surface area contributed by atoms with Gasteiger partial charge >= 0.3 is 0 Å². The predicted octanol–water partition coefficient (Wildman–Crippen LogP) is 3.81. The van der Waals surface area contributed by atoms with E-state index in [2.05, 4.69) is 9.97 Å². The van der Waals surface area contributed by atoms with Crippen molar-refractivity contribution in [2.75, 3.05) is 5.01 Å². The second-order valence-electron chi connectivity index (χ2n) is 5.99. The highest BCUT2D eigenvalue weighted by Gasteiger charge is 2.25. The first-order valence-electron chi connectivity index (χ1n) is 8.32. The summed E-state index contributed by atoms with van der Waals surface area (Å²) in [6.07, 6.45) is 3.36. The molecule has 0 amide bonds. The Morgan fingerprint density at radius 1 is 0.808 bits per heavy atom. The molecule has 0 radical (unpaired) electrons. The molecule has 1 unspecified atom stereocenters. The molecule has 3 N–H and O–H groups in total. The first-order chi connectivity index (χ1) is 12.8. The van der Waals surface area contributed by atoms with Gasteiger partial charge in [-0.05, 0) is 23.8 Å². The molecule has 0 spiro atoms. The zero-order valence-electron chi connectivity index (χ0n) is 14.0. The highest BCUT2D eigenvalue weighted by atomic mass is 16.3. The third-order valence-corrected chi connectivity index (χ3v) is 4.38. The minimum Gasteiger partial charge on any atom is -0.505 e. The number of phenolic OH excluding ortho intramolecular Hbond substituents is 1. The number of benzene rings is 2. The Morgan fingerprint density at radius 2 is 1.58 bits per heavy atom. The summed E-state index contributed by atoms with van der Waals surface area (Å²) in [6, 6.07) is 22.6. The Labute approximate surface area is 151 Å². The number of hydrogen-bond donors (Lipinski definition) is 2. The first-order valence-corrected chi connectivity index (χ1v) is 8.32. The van der Waals surface area contributed by atoms with Gasteiger partial charge in [-0.1, -0.05) is 54.6 Å². The lowest BCUT2D eigenvalue weighted by Crippen LogP contribution is -2.36. The number of nitrogens with zero attached hydrogens (tertiary/aromatic N) is 3. The first kappa shape index (κ1) is 16.1. The van der Waals surface area contributed by atoms with E-state index in [0.717, 1.165) is 10.9 Å². The van der Waals surface area contributed by atoms with E-state index in [0.29, 0.717) is 16.9 Å². The quantitative estimate of drug-likeness (QED) is 0.436. The van der Waals surface area contributed by atoms with Gasteiger partial charge < -0.3 is 5.11 Å². The molecule has 128 valence electrons. The Kier molecular flexibility index (Phi) is 4.21. The smallest absolute Gasteiger partial charge is 0.147 e. The van der Waals surface area contributed by atoms with Crippen LogP contribution < -0.4 is 10.9 Å². The summed E-state index contributed by atoms with van der Waals surface area (Å²) in [4.78, 5) is 8.67. The average Bonchev–Trinajstić information content (AvgIpc) is 2.71. The van der Waals surface area contributed by atoms with Gasteiger partial charge in [0.15, 0.2) is 0 Å². The third-order valence-electron chi connectivity index (χ3n) is 4.38. The predicted molar refractivity (Wildman–Crippen MR) is 103 cm³/mol. The molecular formula is C21H18N4O. The number of nitrogens with two attached hydrogens (primary N) is 1. The highest BCUT2D eigenvalue weighted by Crippen LogP contribution is 2.37. The summed E-state index contributed by atoms with van der Waals surface area (Å²) < 4.78 is 0. The van der Waals surface area contributed by atoms with Crippen LogP contribution in [-0.2, 0) is 0 Å². The zero-order valence-corrected chi connectivity index (χ0v) is 14.0. The zero-order chi connectivity index (χ0) is 17.9. The van der Waals surface area contributed by atoms with Crippen molar-refractivity contribution in [2.45, 2.75) is 6.04 Å². The number of aromatic hydroxyl groups is 1. The van der Waals surface area contributed by atoms with Crippen molar-refractivity contribution in [1.29, 1.82) is 0 Å². The van der Waals surface area contributed by atoms with E-state index in [-0.39, 0.29) is 5.75 Å². The maximum atomic E-state index is 10.9. The maximum absolute atomic E-state index is 10.9. The fourth-order valence-corrected chi connectivity index (χ4v) is 3.13. The monoisotopic (exact) mass is 342 g/mol. The van der Waals surface area contributed by atoms with Crippen LogP contribution in [0.15, 0.2) is 85.2 Å². The molecule has 4 rings (SSSR count). The Bertz CT molecular complexity index is 1020. The van der Waals surface area contributed by atoms with Crippen molar-refractivity contribution in [3.05, 3.63) is 96.3 Å². The van der Waals surface area contributed by atoms with E-state index >= 15 is 0 Å². The number of phenols is 1. The van der Waals surface area contributed by atoms with Crippen molar-refractivity contribution < 1.29 is 5.11 Å². The molecule has 2 aromatic carbocycles. The molecule has 5 heteroatoms. The topological polar surface area (TPSA) is 75.3 Å². The van der Waals surface area contributed by atoms with Crippen LogP contribution in [0.25, 0.3) is 10.9 Å². The van der Waals surface area contributed by atoms with Crippen molar-refractivity contribution >= 4 is 16.7 Å². The summed E-state index contributed by atoms with van der Waals surface area (Å²) >= 11 is 0. The van der Waals surface area contributed by atoms with Crippen molar-refractivity contribution in [2.24, 2.45) is 5.84 Å². The molecule has 0 aliphatic heterocycles. The number of pyridine rings is 2. The molecule has 1 atom stereocenters. The summed E-state index contributed by atoms with van der Waals surface area (Å²) in [5.74, 6) is 7.20. The molecule has 5 nitrogen and oxygen atoms in total. The number of fused-ring (bicyclic) bond motifs is 1. The van der Waals surface area contributed by atoms with Gasteiger partial charge in [0.05, 0.1) is 0 Å². The van der Waals surface area contributed by atoms with E-state index in [4.69, 9.17) is 5.84 Å². The van der Waals surface area contributed by atoms with Crippen LogP contribution in [-0.4, -0.2) is 15.1 Å². The third kappa shape index (κ3) is 2.85. The minimum absolute atomic E-state index is 0.128. The molecular weight excluding hydrogens is 324 g/mol. The van der Waals surface area contributed by atoms with Gasteiger partial charge in [0.1, 0.15) is 23.1 Å². The Morgan fingerprint density at radius 3 is 2.35 bits per heavy atom. The van der Waals surface area contributed by atoms with Gasteiger partial charge in [-0.3, -0.25) is 9.99 Å². The molecule has 0 fully saturated rings. The van der Waals surface area contributed by atoms with E-state index in [1.54, 1.807) is 17.4 Å². The lowest BCUT2D eigenvalue weighted by Gasteiger charge is -2.29. The van der Waals surface area contributed by atoms with E-state index in [9.17, 15) is 5.11 Å². The SMILES string of the molecule is NN(c1ccccn1)C(c1ccccc1)c1ccc2cccnc2c1O. The van der Waals surface area contributed by atoms with Crippen LogP contribution in [0.3, 0.4) is 0 Å². The molecule has 2 aromatic heterocycles. The summed E-state index contributed by atoms with van der Waals surface area (Å²) in [7, 11) is 0. The fraction of sp³-hybridized carbons (Fsp3) is 0.0476. The molecule has 0 saturated heterocycles. The second-order valence-corrected chi connectivity index (χ2v) is 5.99. The highest BCUT2D eigenvalue weighted by molar-refractivity contribution is 5.86. The molecule has 2 heterocycles. The van der Waals surface area contributed by atoms with Crippen LogP contribution in [0.2, 0.25) is 0 Å². The van der Waals surface area contributed by atoms with E-state index in [1.807, 2.05) is 72.8 Å². The number of hydrazine groups is 1. The lowest BCUT2D eigenvalue weighted by molar-refractivity contribution is 0.468. The van der Waals surface area contributed by atoms with Crippen LogP contribution in [0.5, 0.6) is 5.75 Å². The fourth-order valence-electron chi connectivity index (χ4n) is 3.13. The Hall–Kier alpha value is -3.44. The van der Waals surface area contributed by atoms with Gasteiger partial charge in [0.25, 0.3) is 0 Å². The molecule has 0 saturated carbocycles. The largest absolute Gasteiger partial charge is 0.505 e. The summed E-state index contributed by atoms with van der Waals surface area (Å²) in [5, 5.41) is 13.4. The van der Waals surface area contributed by atoms with Crippen LogP contribution in [0.4, 0.5) is 5.82 Å². The van der Waals surface area contributed by atoms with Crippen molar-refractivity contribution in [3.8, 4) is 5.75 Å². The summed E-state index contributed by atoms with van der Waals surface area (Å²) in [5.41, 5.74) is 2.18. The molecule has 0 aliphatic carbocycles. The second kappa shape index (κ2) is 6.82. The minimum atomic E-state index is -0.405. The van der Waals surface area contributed by atoms with E-state index in [1.165, 1.54) is 0 Å². The normalized spacial score (nSPS) is 12.0. The molecule has 4 aromatic rings. The number of aromatic nitrogens is 2. The number of rotatable bonds is 4. The number of hydrogen-bond acceptors (Lipinski definition) is 5. The van der Waals surface area contributed by atoms with E-state index < -0.39 is 6.04 Å². The van der Waals surface area contributed by atoms with Crippen molar-refractivity contribution in [3.63, 3.8) is 0 Å². The maximum Gasteiger partial charge on any atom is 0.147 e. The van der Waals surface area contributed by atoms with Gasteiger partial charge in [-0.2, -0.15) is 0 Å². The summed E-state index contributed by atoms with van der Waals surface area (Å²) in [6.45, 7) is 0. The number of anilines is 1. The average molecular weight is 342 g/mol. The van der Waals surface area contributed by atoms with Crippen LogP contribution in [0, 0.1) is 0 Å². The van der Waals surface area contributed by atoms with Gasteiger partial charge in [-0.15, -0.1) is 0 Å². The molecule has 0 aliphatic rings. The van der Waals surface area contributed by atoms with Gasteiger partial charge in [-0.25, -0.2) is 10.8 Å². The van der Waals surface area contributed by atoms with Crippen molar-refractivity contribution in [1.82, 2.24) is 9.97 Å². The molecule has 26 heavy (non-hydrogen) atoms. The molecule has 0 bridgehead atoms.